The molecule has 1 amide bonds. The number of hydrogen-bond acceptors (Lipinski definition) is 6. The van der Waals surface area contributed by atoms with Crippen molar-refractivity contribution in [1.29, 1.82) is 0 Å². The van der Waals surface area contributed by atoms with Gasteiger partial charge in [0.05, 0.1) is 0 Å². The Morgan fingerprint density at radius 2 is 2.12 bits per heavy atom. The molecule has 2 rings (SSSR count). The Hall–Kier alpha value is -1.50. The number of nitrogens with zero attached hydrogens (tertiary/aromatic N) is 4. The van der Waals surface area contributed by atoms with Crippen LogP contribution in [0.2, 0.25) is 0 Å². The monoisotopic (exact) mass is 245 g/mol. The molecule has 0 bridgehead atoms. The molecular formula is C8H10ClN4O3-. The van der Waals surface area contributed by atoms with Gasteiger partial charge in [-0.1, -0.05) is 0 Å². The first-order chi connectivity index (χ1) is 7.70. The van der Waals surface area contributed by atoms with E-state index < -0.39 is 6.09 Å². The number of carbonyl (C=O) groups excluding carboxylic acids is 1. The molecule has 0 radical (unpaired) electrons. The number of piperazine rings is 1. The fourth-order valence-corrected chi connectivity index (χ4v) is 1.63. The molecule has 1 aromatic rings. The number of alkyl halides is 1. The average molecular weight is 246 g/mol. The summed E-state index contributed by atoms with van der Waals surface area (Å²) in [5.41, 5.74) is 0. The Kier molecular flexibility index (Phi) is 3.14. The SMILES string of the molecule is O=C([O-])N1CCN(c2noc(CCl)n2)CC1. The number of halogens is 1. The van der Waals surface area contributed by atoms with Crippen LogP contribution in [0.25, 0.3) is 0 Å². The van der Waals surface area contributed by atoms with Crippen LogP contribution >= 0.6 is 11.6 Å². The molecule has 1 aliphatic rings. The van der Waals surface area contributed by atoms with Crippen molar-refractivity contribution in [3.05, 3.63) is 5.89 Å². The molecule has 1 aromatic heterocycles. The average Bonchev–Trinajstić information content (AvgIpc) is 2.77. The molecule has 88 valence electrons. The van der Waals surface area contributed by atoms with Crippen molar-refractivity contribution in [3.8, 4) is 0 Å². The molecule has 7 nitrogen and oxygen atoms in total. The summed E-state index contributed by atoms with van der Waals surface area (Å²) in [6.45, 7) is 1.81. The van der Waals surface area contributed by atoms with Gasteiger partial charge in [0.25, 0.3) is 5.95 Å². The minimum Gasteiger partial charge on any atom is -0.530 e. The van der Waals surface area contributed by atoms with Gasteiger partial charge in [0, 0.05) is 26.2 Å². The molecule has 1 fully saturated rings. The first-order valence-electron chi connectivity index (χ1n) is 4.80. The molecular weight excluding hydrogens is 236 g/mol. The topological polar surface area (TPSA) is 85.5 Å². The smallest absolute Gasteiger partial charge is 0.266 e. The van der Waals surface area contributed by atoms with Crippen LogP contribution in [-0.2, 0) is 5.88 Å². The molecule has 0 aromatic carbocycles. The third kappa shape index (κ3) is 2.19. The first kappa shape index (κ1) is 11.0. The van der Waals surface area contributed by atoms with Crippen molar-refractivity contribution < 1.29 is 14.4 Å². The highest BCUT2D eigenvalue weighted by molar-refractivity contribution is 6.16. The molecule has 0 N–H and O–H groups in total. The van der Waals surface area contributed by atoms with E-state index in [0.29, 0.717) is 38.0 Å². The quantitative estimate of drug-likeness (QED) is 0.639. The van der Waals surface area contributed by atoms with Crippen molar-refractivity contribution in [1.82, 2.24) is 15.0 Å². The summed E-state index contributed by atoms with van der Waals surface area (Å²) in [5.74, 6) is 0.985. The second-order valence-corrected chi connectivity index (χ2v) is 3.63. The zero-order valence-corrected chi connectivity index (χ0v) is 9.18. The first-order valence-corrected chi connectivity index (χ1v) is 5.33. The van der Waals surface area contributed by atoms with Gasteiger partial charge in [-0.05, 0) is 5.16 Å². The Balaban J connectivity index is 1.96. The second-order valence-electron chi connectivity index (χ2n) is 3.36. The zero-order valence-electron chi connectivity index (χ0n) is 8.43. The van der Waals surface area contributed by atoms with E-state index in [9.17, 15) is 9.90 Å². The van der Waals surface area contributed by atoms with Gasteiger partial charge < -0.3 is 24.2 Å². The van der Waals surface area contributed by atoms with Gasteiger partial charge in [-0.25, -0.2) is 0 Å². The van der Waals surface area contributed by atoms with E-state index in [-0.39, 0.29) is 5.88 Å². The van der Waals surface area contributed by atoms with Crippen molar-refractivity contribution in [2.24, 2.45) is 0 Å². The van der Waals surface area contributed by atoms with Crippen molar-refractivity contribution in [3.63, 3.8) is 0 Å². The largest absolute Gasteiger partial charge is 0.530 e. The molecule has 1 aliphatic heterocycles. The van der Waals surface area contributed by atoms with E-state index in [1.54, 1.807) is 0 Å². The number of amides is 1. The molecule has 0 spiro atoms. The van der Waals surface area contributed by atoms with E-state index in [2.05, 4.69) is 10.1 Å². The normalized spacial score (nSPS) is 16.6. The lowest BCUT2D eigenvalue weighted by Gasteiger charge is -2.35. The lowest BCUT2D eigenvalue weighted by molar-refractivity contribution is -0.265. The summed E-state index contributed by atoms with van der Waals surface area (Å²) in [6.07, 6.45) is -1.14. The van der Waals surface area contributed by atoms with E-state index in [1.165, 1.54) is 4.90 Å². The predicted molar refractivity (Wildman–Crippen MR) is 53.0 cm³/mol. The van der Waals surface area contributed by atoms with Crippen LogP contribution in [0.3, 0.4) is 0 Å². The molecule has 0 atom stereocenters. The van der Waals surface area contributed by atoms with Crippen LogP contribution in [0, 0.1) is 0 Å². The Morgan fingerprint density at radius 3 is 2.62 bits per heavy atom. The Bertz CT molecular complexity index is 375. The Labute approximate surface area is 96.6 Å². The van der Waals surface area contributed by atoms with E-state index in [0.717, 1.165) is 0 Å². The van der Waals surface area contributed by atoms with Crippen LogP contribution in [0.5, 0.6) is 0 Å². The third-order valence-electron chi connectivity index (χ3n) is 2.39. The highest BCUT2D eigenvalue weighted by Crippen LogP contribution is 2.13. The van der Waals surface area contributed by atoms with Gasteiger partial charge >= 0.3 is 0 Å². The van der Waals surface area contributed by atoms with Crippen molar-refractivity contribution >= 4 is 23.6 Å². The number of aromatic nitrogens is 2. The minimum absolute atomic E-state index is 0.173. The highest BCUT2D eigenvalue weighted by atomic mass is 35.5. The van der Waals surface area contributed by atoms with Gasteiger partial charge in [-0.2, -0.15) is 4.98 Å². The minimum atomic E-state index is -1.14. The van der Waals surface area contributed by atoms with E-state index in [1.807, 2.05) is 4.90 Å². The predicted octanol–water partition coefficient (Wildman–Crippen LogP) is -0.726. The zero-order chi connectivity index (χ0) is 11.5. The van der Waals surface area contributed by atoms with Gasteiger partial charge in [0.15, 0.2) is 0 Å². The number of anilines is 1. The maximum absolute atomic E-state index is 10.6. The van der Waals surface area contributed by atoms with Gasteiger partial charge in [0.1, 0.15) is 12.0 Å². The molecule has 1 saturated heterocycles. The summed E-state index contributed by atoms with van der Waals surface area (Å²) in [6, 6.07) is 0. The van der Waals surface area contributed by atoms with Crippen molar-refractivity contribution in [2.45, 2.75) is 5.88 Å². The summed E-state index contributed by atoms with van der Waals surface area (Å²) in [5, 5.41) is 14.3. The van der Waals surface area contributed by atoms with Crippen LogP contribution in [0.15, 0.2) is 4.52 Å². The molecule has 8 heteroatoms. The molecule has 0 aliphatic carbocycles. The standard InChI is InChI=1S/C8H11ClN4O3/c9-5-6-10-7(11-16-6)12-1-3-13(4-2-12)8(14)15/h1-5H2,(H,14,15)/p-1. The highest BCUT2D eigenvalue weighted by Gasteiger charge is 2.20. The number of rotatable bonds is 2. The van der Waals surface area contributed by atoms with E-state index >= 15 is 0 Å². The summed E-state index contributed by atoms with van der Waals surface area (Å²) >= 11 is 5.53. The summed E-state index contributed by atoms with van der Waals surface area (Å²) in [7, 11) is 0. The lowest BCUT2D eigenvalue weighted by Crippen LogP contribution is -2.52. The molecule has 2 heterocycles. The third-order valence-corrected chi connectivity index (χ3v) is 2.62. The number of hydrogen-bond donors (Lipinski definition) is 0. The summed E-state index contributed by atoms with van der Waals surface area (Å²) in [4.78, 5) is 17.7. The Morgan fingerprint density at radius 1 is 1.44 bits per heavy atom. The van der Waals surface area contributed by atoms with Gasteiger partial charge in [0.2, 0.25) is 5.89 Å². The molecule has 0 saturated carbocycles. The fourth-order valence-electron chi connectivity index (χ4n) is 1.52. The lowest BCUT2D eigenvalue weighted by atomic mass is 10.3. The number of carbonyl (C=O) groups is 1. The van der Waals surface area contributed by atoms with Crippen LogP contribution in [0.1, 0.15) is 5.89 Å². The van der Waals surface area contributed by atoms with E-state index in [4.69, 9.17) is 16.1 Å². The molecule has 16 heavy (non-hydrogen) atoms. The maximum Gasteiger partial charge on any atom is 0.266 e. The fraction of sp³-hybridized carbons (Fsp3) is 0.625. The van der Waals surface area contributed by atoms with Crippen LogP contribution < -0.4 is 10.0 Å². The van der Waals surface area contributed by atoms with Crippen LogP contribution in [0.4, 0.5) is 10.7 Å². The second kappa shape index (κ2) is 4.56. The maximum atomic E-state index is 10.6. The summed E-state index contributed by atoms with van der Waals surface area (Å²) < 4.78 is 4.86. The van der Waals surface area contributed by atoms with Crippen LogP contribution in [-0.4, -0.2) is 47.3 Å². The molecule has 0 unspecified atom stereocenters. The number of carboxylic acid groups (broad SMARTS) is 1. The van der Waals surface area contributed by atoms with Gasteiger partial charge in [-0.15, -0.1) is 11.6 Å². The van der Waals surface area contributed by atoms with Gasteiger partial charge in [-0.3, -0.25) is 0 Å². The van der Waals surface area contributed by atoms with Crippen molar-refractivity contribution in [2.75, 3.05) is 31.1 Å².